The van der Waals surface area contributed by atoms with Crippen LogP contribution >= 0.6 is 0 Å². The van der Waals surface area contributed by atoms with Gasteiger partial charge in [0.05, 0.1) is 24.9 Å². The minimum absolute atomic E-state index is 0.128. The Bertz CT molecular complexity index is 1200. The summed E-state index contributed by atoms with van der Waals surface area (Å²) in [6, 6.07) is 3.32. The monoisotopic (exact) mass is 452 g/mol. The summed E-state index contributed by atoms with van der Waals surface area (Å²) in [4.78, 5) is 32.8. The SMILES string of the molecule is [C-]#[N+]c1cc(NC(=O)N2Cc3c(nn4c3C(=O)N(C)CC3(CC(O)C3)C4)C[C@H]2C)ccc1F. The molecule has 0 radical (unpaired) electrons. The number of hydrogen-bond acceptors (Lipinski definition) is 4. The number of rotatable bonds is 1. The van der Waals surface area contributed by atoms with E-state index < -0.39 is 5.82 Å². The predicted molar refractivity (Wildman–Crippen MR) is 117 cm³/mol. The first kappa shape index (κ1) is 21.4. The van der Waals surface area contributed by atoms with Crippen LogP contribution in [0.3, 0.4) is 0 Å². The van der Waals surface area contributed by atoms with Crippen LogP contribution in [0.5, 0.6) is 0 Å². The Morgan fingerprint density at radius 2 is 2.12 bits per heavy atom. The molecule has 33 heavy (non-hydrogen) atoms. The Hall–Kier alpha value is -3.45. The van der Waals surface area contributed by atoms with Crippen molar-refractivity contribution in [2.45, 2.75) is 51.4 Å². The van der Waals surface area contributed by atoms with Crippen molar-refractivity contribution in [3.05, 3.63) is 52.4 Å². The summed E-state index contributed by atoms with van der Waals surface area (Å²) in [6.45, 7) is 10.3. The molecular formula is C23H25FN6O3. The van der Waals surface area contributed by atoms with E-state index in [2.05, 4.69) is 10.2 Å². The number of carbonyl (C=O) groups is 2. The number of aliphatic hydroxyl groups excluding tert-OH is 1. The normalized spacial score (nSPS) is 26.2. The number of benzene rings is 1. The lowest BCUT2D eigenvalue weighted by atomic mass is 9.66. The van der Waals surface area contributed by atoms with Crippen LogP contribution in [0.2, 0.25) is 0 Å². The lowest BCUT2D eigenvalue weighted by molar-refractivity contribution is -0.0530. The number of nitrogens with zero attached hydrogens (tertiary/aromatic N) is 5. The van der Waals surface area contributed by atoms with Gasteiger partial charge in [-0.2, -0.15) is 5.10 Å². The third-order valence-corrected chi connectivity index (χ3v) is 7.01. The van der Waals surface area contributed by atoms with Gasteiger partial charge in [-0.15, -0.1) is 0 Å². The van der Waals surface area contributed by atoms with Crippen molar-refractivity contribution in [2.75, 3.05) is 18.9 Å². The number of nitrogens with one attached hydrogen (secondary N) is 1. The highest BCUT2D eigenvalue weighted by atomic mass is 19.1. The van der Waals surface area contributed by atoms with Crippen LogP contribution in [0.1, 0.15) is 41.5 Å². The molecule has 5 rings (SSSR count). The molecule has 3 aliphatic rings. The van der Waals surface area contributed by atoms with Crippen LogP contribution in [0.15, 0.2) is 18.2 Å². The molecule has 9 nitrogen and oxygen atoms in total. The van der Waals surface area contributed by atoms with Crippen molar-refractivity contribution >= 4 is 23.3 Å². The van der Waals surface area contributed by atoms with Crippen molar-refractivity contribution < 1.29 is 19.1 Å². The number of halogens is 1. The lowest BCUT2D eigenvalue weighted by Gasteiger charge is -2.45. The molecule has 10 heteroatoms. The highest BCUT2D eigenvalue weighted by Gasteiger charge is 2.49. The summed E-state index contributed by atoms with van der Waals surface area (Å²) in [5.74, 6) is -0.766. The molecule has 2 aliphatic heterocycles. The molecule has 1 aromatic heterocycles. The summed E-state index contributed by atoms with van der Waals surface area (Å²) < 4.78 is 15.4. The molecule has 1 atom stereocenters. The zero-order valence-corrected chi connectivity index (χ0v) is 18.5. The van der Waals surface area contributed by atoms with Gasteiger partial charge in [-0.05, 0) is 38.0 Å². The Labute approximate surface area is 190 Å². The van der Waals surface area contributed by atoms with Gasteiger partial charge in [0.15, 0.2) is 0 Å². The molecule has 0 unspecified atom stereocenters. The molecule has 1 spiro atoms. The van der Waals surface area contributed by atoms with Crippen LogP contribution in [-0.4, -0.2) is 62.4 Å². The zero-order chi connectivity index (χ0) is 23.5. The predicted octanol–water partition coefficient (Wildman–Crippen LogP) is 2.78. The fraction of sp³-hybridized carbons (Fsp3) is 0.478. The fourth-order valence-corrected chi connectivity index (χ4v) is 5.41. The number of aromatic nitrogens is 2. The van der Waals surface area contributed by atoms with Gasteiger partial charge in [0.1, 0.15) is 11.5 Å². The molecule has 2 N–H and O–H groups in total. The summed E-state index contributed by atoms with van der Waals surface area (Å²) in [5, 5.41) is 17.4. The van der Waals surface area contributed by atoms with Crippen LogP contribution in [0, 0.1) is 17.8 Å². The van der Waals surface area contributed by atoms with Crippen molar-refractivity contribution in [2.24, 2.45) is 5.41 Å². The maximum atomic E-state index is 13.6. The quantitative estimate of drug-likeness (QED) is 0.651. The van der Waals surface area contributed by atoms with Gasteiger partial charge in [-0.1, -0.05) is 0 Å². The second-order valence-electron chi connectivity index (χ2n) is 9.54. The number of fused-ring (bicyclic) bond motifs is 3. The minimum atomic E-state index is -0.638. The van der Waals surface area contributed by atoms with Crippen molar-refractivity contribution in [1.82, 2.24) is 19.6 Å². The second-order valence-corrected chi connectivity index (χ2v) is 9.54. The van der Waals surface area contributed by atoms with E-state index in [1.54, 1.807) is 21.5 Å². The maximum Gasteiger partial charge on any atom is 0.322 e. The van der Waals surface area contributed by atoms with E-state index >= 15 is 0 Å². The zero-order valence-electron chi connectivity index (χ0n) is 18.5. The van der Waals surface area contributed by atoms with Crippen molar-refractivity contribution in [3.8, 4) is 0 Å². The van der Waals surface area contributed by atoms with Crippen LogP contribution < -0.4 is 5.32 Å². The van der Waals surface area contributed by atoms with E-state index in [1.807, 2.05) is 6.92 Å². The van der Waals surface area contributed by atoms with Gasteiger partial charge in [-0.25, -0.2) is 14.0 Å². The van der Waals surface area contributed by atoms with Gasteiger partial charge in [0.2, 0.25) is 5.69 Å². The summed E-state index contributed by atoms with van der Waals surface area (Å²) >= 11 is 0. The summed E-state index contributed by atoms with van der Waals surface area (Å²) in [5.41, 5.74) is 2.07. The van der Waals surface area contributed by atoms with Crippen molar-refractivity contribution in [3.63, 3.8) is 0 Å². The third-order valence-electron chi connectivity index (χ3n) is 7.01. The van der Waals surface area contributed by atoms with Crippen LogP contribution in [0.4, 0.5) is 20.6 Å². The van der Waals surface area contributed by atoms with E-state index in [0.29, 0.717) is 43.7 Å². The standard InChI is InChI=1S/C23H25FN6O3/c1-13-6-18-16(10-29(13)22(33)26-14-4-5-17(24)19(7-14)25-2)20-21(32)28(3)11-23(8-15(31)9-23)12-30(20)27-18/h4-5,7,13,15,31H,6,8-12H2,1,3H3,(H,26,33)/t13-,15?,23?/m1/s1. The number of carbonyl (C=O) groups excluding carboxylic acids is 2. The molecule has 1 aliphatic carbocycles. The van der Waals surface area contributed by atoms with E-state index in [9.17, 15) is 19.1 Å². The number of aliphatic hydroxyl groups is 1. The number of hydrogen-bond donors (Lipinski definition) is 2. The smallest absolute Gasteiger partial charge is 0.322 e. The number of anilines is 1. The Morgan fingerprint density at radius 3 is 2.82 bits per heavy atom. The Morgan fingerprint density at radius 1 is 1.36 bits per heavy atom. The summed E-state index contributed by atoms with van der Waals surface area (Å²) in [7, 11) is 1.77. The molecule has 1 saturated carbocycles. The minimum Gasteiger partial charge on any atom is -0.393 e. The van der Waals surface area contributed by atoms with E-state index in [1.165, 1.54) is 12.1 Å². The van der Waals surface area contributed by atoms with Gasteiger partial charge >= 0.3 is 6.03 Å². The first-order valence-corrected chi connectivity index (χ1v) is 11.0. The van der Waals surface area contributed by atoms with Crippen LogP contribution in [0.25, 0.3) is 4.85 Å². The molecule has 3 heterocycles. The average Bonchev–Trinajstić information content (AvgIpc) is 3.03. The Kier molecular flexibility index (Phi) is 4.90. The number of amides is 3. The molecule has 3 amide bonds. The first-order chi connectivity index (χ1) is 15.7. The maximum absolute atomic E-state index is 13.6. The summed E-state index contributed by atoms with van der Waals surface area (Å²) in [6.07, 6.45) is 1.45. The van der Waals surface area contributed by atoms with Gasteiger partial charge in [-0.3, -0.25) is 9.48 Å². The topological polar surface area (TPSA) is 95.1 Å². The van der Waals surface area contributed by atoms with E-state index in [0.717, 1.165) is 17.3 Å². The lowest BCUT2D eigenvalue weighted by Crippen LogP contribution is -2.49. The first-order valence-electron chi connectivity index (χ1n) is 11.0. The largest absolute Gasteiger partial charge is 0.393 e. The average molecular weight is 452 g/mol. The van der Waals surface area contributed by atoms with Crippen LogP contribution in [-0.2, 0) is 19.5 Å². The molecule has 1 fully saturated rings. The van der Waals surface area contributed by atoms with E-state index in [4.69, 9.17) is 11.7 Å². The molecule has 2 aromatic rings. The second kappa shape index (κ2) is 7.56. The molecule has 0 bridgehead atoms. The van der Waals surface area contributed by atoms with E-state index in [-0.39, 0.29) is 41.7 Å². The fourth-order valence-electron chi connectivity index (χ4n) is 5.41. The Balaban J connectivity index is 1.42. The highest BCUT2D eigenvalue weighted by molar-refractivity contribution is 5.95. The molecule has 172 valence electrons. The van der Waals surface area contributed by atoms with Gasteiger partial charge in [0.25, 0.3) is 5.91 Å². The van der Waals surface area contributed by atoms with Gasteiger partial charge < -0.3 is 20.2 Å². The van der Waals surface area contributed by atoms with Gasteiger partial charge in [0, 0.05) is 49.3 Å². The number of urea groups is 1. The molecular weight excluding hydrogens is 427 g/mol. The van der Waals surface area contributed by atoms with Crippen molar-refractivity contribution in [1.29, 1.82) is 0 Å². The molecule has 0 saturated heterocycles. The highest BCUT2D eigenvalue weighted by Crippen LogP contribution is 2.45. The molecule has 1 aromatic carbocycles. The third kappa shape index (κ3) is 3.53.